The predicted molar refractivity (Wildman–Crippen MR) is 114 cm³/mol. The Labute approximate surface area is 182 Å². The van der Waals surface area contributed by atoms with Gasteiger partial charge in [-0.1, -0.05) is 11.6 Å². The number of aryl methyl sites for hydroxylation is 1. The number of benzene rings is 1. The van der Waals surface area contributed by atoms with Gasteiger partial charge in [0.1, 0.15) is 12.7 Å². The van der Waals surface area contributed by atoms with Crippen molar-refractivity contribution in [1.29, 1.82) is 0 Å². The number of carbonyl (C=O) groups is 1. The van der Waals surface area contributed by atoms with Gasteiger partial charge in [0, 0.05) is 16.7 Å². The van der Waals surface area contributed by atoms with Crippen molar-refractivity contribution >= 4 is 21.8 Å². The van der Waals surface area contributed by atoms with Crippen molar-refractivity contribution in [2.24, 2.45) is 0 Å². The van der Waals surface area contributed by atoms with Crippen LogP contribution < -0.4 is 4.74 Å². The van der Waals surface area contributed by atoms with Crippen molar-refractivity contribution in [3.8, 4) is 11.6 Å². The first-order valence-electron chi connectivity index (χ1n) is 9.65. The molecule has 2 atom stereocenters. The van der Waals surface area contributed by atoms with Crippen LogP contribution >= 0.6 is 15.9 Å². The van der Waals surface area contributed by atoms with Gasteiger partial charge < -0.3 is 14.4 Å². The second kappa shape index (κ2) is 8.93. The SMILES string of the molecule is Cc1ccc(-n2nccn2)c(C(=O)N2C[C@@H](COc3ccc(Br)cn3)OC[C@@H]2C)c1. The Balaban J connectivity index is 1.50. The van der Waals surface area contributed by atoms with Crippen LogP contribution in [0.3, 0.4) is 0 Å². The van der Waals surface area contributed by atoms with Gasteiger partial charge in [0.15, 0.2) is 0 Å². The lowest BCUT2D eigenvalue weighted by Gasteiger charge is -2.38. The van der Waals surface area contributed by atoms with Gasteiger partial charge in [-0.3, -0.25) is 4.79 Å². The fourth-order valence-electron chi connectivity index (χ4n) is 3.32. The Morgan fingerprint density at radius 2 is 2.07 bits per heavy atom. The molecule has 0 bridgehead atoms. The number of nitrogens with zero attached hydrogens (tertiary/aromatic N) is 5. The number of ether oxygens (including phenoxy) is 2. The van der Waals surface area contributed by atoms with Crippen molar-refractivity contribution in [1.82, 2.24) is 24.9 Å². The maximum absolute atomic E-state index is 13.5. The van der Waals surface area contributed by atoms with E-state index in [1.165, 1.54) is 4.80 Å². The first-order chi connectivity index (χ1) is 14.5. The largest absolute Gasteiger partial charge is 0.475 e. The summed E-state index contributed by atoms with van der Waals surface area (Å²) in [5, 5.41) is 8.37. The van der Waals surface area contributed by atoms with E-state index < -0.39 is 0 Å². The molecule has 0 spiro atoms. The molecular weight excluding hydrogens is 450 g/mol. The molecule has 0 N–H and O–H groups in total. The van der Waals surface area contributed by atoms with Crippen LogP contribution in [-0.2, 0) is 4.74 Å². The van der Waals surface area contributed by atoms with E-state index in [4.69, 9.17) is 9.47 Å². The zero-order valence-corrected chi connectivity index (χ0v) is 18.3. The number of carbonyl (C=O) groups excluding carboxylic acids is 1. The number of aromatic nitrogens is 4. The molecular formula is C21H22BrN5O3. The van der Waals surface area contributed by atoms with Crippen LogP contribution in [0.5, 0.6) is 5.88 Å². The quantitative estimate of drug-likeness (QED) is 0.568. The van der Waals surface area contributed by atoms with Gasteiger partial charge in [-0.2, -0.15) is 15.0 Å². The maximum Gasteiger partial charge on any atom is 0.256 e. The van der Waals surface area contributed by atoms with E-state index in [2.05, 4.69) is 31.1 Å². The van der Waals surface area contributed by atoms with Crippen LogP contribution in [0, 0.1) is 6.92 Å². The number of amides is 1. The summed E-state index contributed by atoms with van der Waals surface area (Å²) >= 11 is 3.35. The lowest BCUT2D eigenvalue weighted by Crippen LogP contribution is -2.52. The number of rotatable bonds is 5. The molecule has 3 heterocycles. The first-order valence-corrected chi connectivity index (χ1v) is 10.4. The molecule has 2 aromatic heterocycles. The van der Waals surface area contributed by atoms with E-state index in [1.807, 2.05) is 43.0 Å². The number of morpholine rings is 1. The van der Waals surface area contributed by atoms with Crippen LogP contribution in [0.1, 0.15) is 22.8 Å². The summed E-state index contributed by atoms with van der Waals surface area (Å²) in [6.07, 6.45) is 4.62. The molecule has 1 aliphatic heterocycles. The lowest BCUT2D eigenvalue weighted by molar-refractivity contribution is -0.0632. The lowest BCUT2D eigenvalue weighted by atomic mass is 10.1. The molecule has 0 radical (unpaired) electrons. The van der Waals surface area contributed by atoms with Crippen LogP contribution in [0.2, 0.25) is 0 Å². The van der Waals surface area contributed by atoms with Crippen molar-refractivity contribution in [2.75, 3.05) is 19.8 Å². The first kappa shape index (κ1) is 20.5. The minimum atomic E-state index is -0.244. The Kier molecular flexibility index (Phi) is 6.10. The van der Waals surface area contributed by atoms with Gasteiger partial charge in [-0.25, -0.2) is 4.98 Å². The average molecular weight is 472 g/mol. The minimum Gasteiger partial charge on any atom is -0.475 e. The minimum absolute atomic E-state index is 0.0569. The van der Waals surface area contributed by atoms with Gasteiger partial charge in [0.25, 0.3) is 5.91 Å². The highest BCUT2D eigenvalue weighted by Crippen LogP contribution is 2.22. The molecule has 0 unspecified atom stereocenters. The highest BCUT2D eigenvalue weighted by atomic mass is 79.9. The Morgan fingerprint density at radius 1 is 1.27 bits per heavy atom. The van der Waals surface area contributed by atoms with E-state index in [-0.39, 0.29) is 18.1 Å². The number of halogens is 1. The molecule has 1 aromatic carbocycles. The Bertz CT molecular complexity index is 1010. The third-order valence-corrected chi connectivity index (χ3v) is 5.37. The summed E-state index contributed by atoms with van der Waals surface area (Å²) in [4.78, 5) is 21.0. The van der Waals surface area contributed by atoms with Crippen LogP contribution in [0.15, 0.2) is 53.4 Å². The molecule has 1 saturated heterocycles. The molecule has 30 heavy (non-hydrogen) atoms. The molecule has 1 amide bonds. The van der Waals surface area contributed by atoms with Gasteiger partial charge >= 0.3 is 0 Å². The van der Waals surface area contributed by atoms with Gasteiger partial charge in [-0.05, 0) is 48.0 Å². The second-order valence-electron chi connectivity index (χ2n) is 7.23. The third-order valence-electron chi connectivity index (χ3n) is 4.90. The van der Waals surface area contributed by atoms with Gasteiger partial charge in [0.05, 0.1) is 42.8 Å². The van der Waals surface area contributed by atoms with Gasteiger partial charge in [0.2, 0.25) is 5.88 Å². The van der Waals surface area contributed by atoms with E-state index in [9.17, 15) is 4.79 Å². The van der Waals surface area contributed by atoms with E-state index in [1.54, 1.807) is 24.7 Å². The molecule has 1 fully saturated rings. The Hall–Kier alpha value is -2.78. The monoisotopic (exact) mass is 471 g/mol. The fraction of sp³-hybridized carbons (Fsp3) is 0.333. The highest BCUT2D eigenvalue weighted by Gasteiger charge is 2.32. The summed E-state index contributed by atoms with van der Waals surface area (Å²) in [6.45, 7) is 5.12. The number of hydrogen-bond acceptors (Lipinski definition) is 6. The summed E-state index contributed by atoms with van der Waals surface area (Å²) in [6, 6.07) is 9.28. The summed E-state index contributed by atoms with van der Waals surface area (Å²) in [5.74, 6) is 0.442. The van der Waals surface area contributed by atoms with Gasteiger partial charge in [-0.15, -0.1) is 0 Å². The van der Waals surface area contributed by atoms with Crippen molar-refractivity contribution < 1.29 is 14.3 Å². The van der Waals surface area contributed by atoms with Crippen LogP contribution in [0.4, 0.5) is 0 Å². The van der Waals surface area contributed by atoms with Crippen LogP contribution in [0.25, 0.3) is 5.69 Å². The van der Waals surface area contributed by atoms with Crippen LogP contribution in [-0.4, -0.2) is 62.7 Å². The number of pyridine rings is 1. The predicted octanol–water partition coefficient (Wildman–Crippen LogP) is 3.04. The molecule has 156 valence electrons. The smallest absolute Gasteiger partial charge is 0.256 e. The molecule has 3 aromatic rings. The van der Waals surface area contributed by atoms with E-state index in [0.29, 0.717) is 36.9 Å². The third kappa shape index (κ3) is 4.52. The molecule has 0 saturated carbocycles. The standard InChI is InChI=1S/C21H22BrN5O3/c1-14-3-5-19(27-24-7-8-25-27)18(9-14)21(28)26-11-17(29-12-15(26)2)13-30-20-6-4-16(22)10-23-20/h3-10,15,17H,11-13H2,1-2H3/t15-,17-/m0/s1. The topological polar surface area (TPSA) is 82.4 Å². The van der Waals surface area contributed by atoms with Crippen molar-refractivity contribution in [2.45, 2.75) is 26.0 Å². The number of hydrogen-bond donors (Lipinski definition) is 0. The zero-order valence-electron chi connectivity index (χ0n) is 16.7. The molecule has 8 nitrogen and oxygen atoms in total. The molecule has 0 aliphatic carbocycles. The van der Waals surface area contributed by atoms with E-state index >= 15 is 0 Å². The Morgan fingerprint density at radius 3 is 2.80 bits per heavy atom. The normalized spacial score (nSPS) is 19.0. The average Bonchev–Trinajstić information content (AvgIpc) is 3.28. The zero-order chi connectivity index (χ0) is 21.1. The summed E-state index contributed by atoms with van der Waals surface area (Å²) in [5.41, 5.74) is 2.21. The fourth-order valence-corrected chi connectivity index (χ4v) is 3.55. The molecule has 9 heteroatoms. The van der Waals surface area contributed by atoms with Crippen molar-refractivity contribution in [3.05, 3.63) is 64.5 Å². The summed E-state index contributed by atoms with van der Waals surface area (Å²) < 4.78 is 12.5. The summed E-state index contributed by atoms with van der Waals surface area (Å²) in [7, 11) is 0. The highest BCUT2D eigenvalue weighted by molar-refractivity contribution is 9.10. The van der Waals surface area contributed by atoms with Crippen molar-refractivity contribution in [3.63, 3.8) is 0 Å². The van der Waals surface area contributed by atoms with E-state index in [0.717, 1.165) is 10.0 Å². The second-order valence-corrected chi connectivity index (χ2v) is 8.14. The molecule has 4 rings (SSSR count). The molecule has 1 aliphatic rings. The maximum atomic E-state index is 13.5.